The molecule has 0 atom stereocenters. The molecule has 7 heteroatoms. The molecule has 1 aromatic heterocycles. The van der Waals surface area contributed by atoms with Gasteiger partial charge in [0, 0.05) is 49.5 Å². The summed E-state index contributed by atoms with van der Waals surface area (Å²) in [6, 6.07) is 8.03. The standard InChI is InChI=1S/C24H30N4O3/c1-30-21-8-3-2-5-18(21)15-22-25-20-9-10-28(24(29)17-6-4-7-17)16-19(20)23(26-22)27-11-13-31-14-12-27/h2-3,5,8,17H,4,6-7,9-16H2,1H3. The molecule has 1 saturated heterocycles. The Bertz CT molecular complexity index is 954. The number of hydrogen-bond acceptors (Lipinski definition) is 6. The average molecular weight is 423 g/mol. The van der Waals surface area contributed by atoms with Crippen molar-refractivity contribution in [1.29, 1.82) is 0 Å². The Morgan fingerprint density at radius 3 is 2.71 bits per heavy atom. The number of benzene rings is 1. The van der Waals surface area contributed by atoms with Gasteiger partial charge in [0.2, 0.25) is 5.91 Å². The van der Waals surface area contributed by atoms with Gasteiger partial charge in [0.05, 0.1) is 32.6 Å². The van der Waals surface area contributed by atoms with E-state index in [1.54, 1.807) is 7.11 Å². The van der Waals surface area contributed by atoms with E-state index in [9.17, 15) is 4.79 Å². The number of hydrogen-bond donors (Lipinski definition) is 0. The molecule has 0 bridgehead atoms. The molecule has 0 spiro atoms. The van der Waals surface area contributed by atoms with E-state index < -0.39 is 0 Å². The van der Waals surface area contributed by atoms with Gasteiger partial charge in [0.1, 0.15) is 17.4 Å². The molecule has 2 aromatic rings. The van der Waals surface area contributed by atoms with Gasteiger partial charge in [-0.05, 0) is 18.9 Å². The fourth-order valence-electron chi connectivity index (χ4n) is 4.68. The van der Waals surface area contributed by atoms with E-state index in [1.807, 2.05) is 23.1 Å². The average Bonchev–Trinajstić information content (AvgIpc) is 2.78. The summed E-state index contributed by atoms with van der Waals surface area (Å²) < 4.78 is 11.1. The Morgan fingerprint density at radius 2 is 1.97 bits per heavy atom. The molecule has 7 nitrogen and oxygen atoms in total. The Hall–Kier alpha value is -2.67. The quantitative estimate of drug-likeness (QED) is 0.738. The van der Waals surface area contributed by atoms with Crippen LogP contribution in [0.2, 0.25) is 0 Å². The van der Waals surface area contributed by atoms with Gasteiger partial charge in [-0.15, -0.1) is 0 Å². The van der Waals surface area contributed by atoms with Crippen LogP contribution in [0.4, 0.5) is 5.82 Å². The highest BCUT2D eigenvalue weighted by Gasteiger charge is 2.33. The van der Waals surface area contributed by atoms with Gasteiger partial charge in [-0.25, -0.2) is 9.97 Å². The second kappa shape index (κ2) is 8.83. The number of morpholine rings is 1. The van der Waals surface area contributed by atoms with E-state index in [4.69, 9.17) is 19.4 Å². The molecular formula is C24H30N4O3. The minimum absolute atomic E-state index is 0.221. The monoisotopic (exact) mass is 422 g/mol. The van der Waals surface area contributed by atoms with Crippen LogP contribution in [0.25, 0.3) is 0 Å². The van der Waals surface area contributed by atoms with Crippen LogP contribution >= 0.6 is 0 Å². The van der Waals surface area contributed by atoms with Crippen molar-refractivity contribution in [2.24, 2.45) is 5.92 Å². The van der Waals surface area contributed by atoms with E-state index in [0.717, 1.165) is 73.1 Å². The highest BCUT2D eigenvalue weighted by molar-refractivity contribution is 5.80. The molecule has 3 heterocycles. The van der Waals surface area contributed by atoms with Crippen LogP contribution in [-0.4, -0.2) is 60.7 Å². The number of carbonyl (C=O) groups excluding carboxylic acids is 1. The van der Waals surface area contributed by atoms with Crippen molar-refractivity contribution in [3.05, 3.63) is 46.9 Å². The second-order valence-electron chi connectivity index (χ2n) is 8.61. The molecule has 2 fully saturated rings. The smallest absolute Gasteiger partial charge is 0.225 e. The number of methoxy groups -OCH3 is 1. The maximum absolute atomic E-state index is 12.9. The lowest BCUT2D eigenvalue weighted by Crippen LogP contribution is -2.44. The number of fused-ring (bicyclic) bond motifs is 1. The molecule has 164 valence electrons. The lowest BCUT2D eigenvalue weighted by molar-refractivity contribution is -0.139. The molecule has 5 rings (SSSR count). The molecule has 1 aliphatic carbocycles. The van der Waals surface area contributed by atoms with E-state index in [-0.39, 0.29) is 5.92 Å². The molecule has 1 saturated carbocycles. The van der Waals surface area contributed by atoms with Gasteiger partial charge in [-0.1, -0.05) is 24.6 Å². The normalized spacial score (nSPS) is 19.0. The lowest BCUT2D eigenvalue weighted by atomic mass is 9.84. The Morgan fingerprint density at radius 1 is 1.16 bits per heavy atom. The van der Waals surface area contributed by atoms with Gasteiger partial charge in [0.25, 0.3) is 0 Å². The molecule has 0 radical (unpaired) electrons. The van der Waals surface area contributed by atoms with Crippen LogP contribution in [0.1, 0.15) is 41.9 Å². The zero-order valence-corrected chi connectivity index (χ0v) is 18.2. The largest absolute Gasteiger partial charge is 0.496 e. The predicted molar refractivity (Wildman–Crippen MR) is 117 cm³/mol. The third kappa shape index (κ3) is 4.11. The number of amides is 1. The first-order chi connectivity index (χ1) is 15.2. The minimum Gasteiger partial charge on any atom is -0.496 e. The molecule has 0 N–H and O–H groups in total. The zero-order valence-electron chi connectivity index (χ0n) is 18.2. The maximum Gasteiger partial charge on any atom is 0.225 e. The van der Waals surface area contributed by atoms with Crippen LogP contribution in [0, 0.1) is 5.92 Å². The van der Waals surface area contributed by atoms with Gasteiger partial charge in [-0.2, -0.15) is 0 Å². The van der Waals surface area contributed by atoms with Crippen molar-refractivity contribution in [1.82, 2.24) is 14.9 Å². The Balaban J connectivity index is 1.47. The Labute approximate surface area is 183 Å². The summed E-state index contributed by atoms with van der Waals surface area (Å²) in [5.74, 6) is 3.17. The summed E-state index contributed by atoms with van der Waals surface area (Å²) in [4.78, 5) is 27.2. The first kappa shape index (κ1) is 20.2. The van der Waals surface area contributed by atoms with Crippen molar-refractivity contribution >= 4 is 11.7 Å². The topological polar surface area (TPSA) is 67.8 Å². The van der Waals surface area contributed by atoms with Crippen molar-refractivity contribution < 1.29 is 14.3 Å². The highest BCUT2D eigenvalue weighted by atomic mass is 16.5. The van der Waals surface area contributed by atoms with E-state index in [2.05, 4.69) is 11.0 Å². The number of nitrogens with zero attached hydrogens (tertiary/aromatic N) is 4. The summed E-state index contributed by atoms with van der Waals surface area (Å²) >= 11 is 0. The van der Waals surface area contributed by atoms with Crippen molar-refractivity contribution in [3.8, 4) is 5.75 Å². The summed E-state index contributed by atoms with van der Waals surface area (Å²) in [6.07, 6.45) is 4.65. The zero-order chi connectivity index (χ0) is 21.2. The molecule has 2 aliphatic heterocycles. The molecule has 0 unspecified atom stereocenters. The lowest BCUT2D eigenvalue weighted by Gasteiger charge is -2.37. The van der Waals surface area contributed by atoms with Crippen LogP contribution < -0.4 is 9.64 Å². The summed E-state index contributed by atoms with van der Waals surface area (Å²) in [7, 11) is 1.69. The molecule has 3 aliphatic rings. The minimum atomic E-state index is 0.221. The van der Waals surface area contributed by atoms with Crippen LogP contribution in [0.3, 0.4) is 0 Å². The van der Waals surface area contributed by atoms with E-state index in [1.165, 1.54) is 6.42 Å². The first-order valence-electron chi connectivity index (χ1n) is 11.3. The SMILES string of the molecule is COc1ccccc1Cc1nc2c(c(N3CCOCC3)n1)CN(C(=O)C1CCC1)CC2. The summed E-state index contributed by atoms with van der Waals surface area (Å²) in [5, 5.41) is 0. The molecule has 31 heavy (non-hydrogen) atoms. The van der Waals surface area contributed by atoms with Gasteiger partial charge in [0.15, 0.2) is 0 Å². The number of carbonyl (C=O) groups is 1. The fraction of sp³-hybridized carbons (Fsp3) is 0.542. The van der Waals surface area contributed by atoms with E-state index in [0.29, 0.717) is 32.1 Å². The molecular weight excluding hydrogens is 392 g/mol. The van der Waals surface area contributed by atoms with Crippen LogP contribution in [0.5, 0.6) is 5.75 Å². The predicted octanol–water partition coefficient (Wildman–Crippen LogP) is 2.60. The van der Waals surface area contributed by atoms with Gasteiger partial charge in [-0.3, -0.25) is 4.79 Å². The van der Waals surface area contributed by atoms with Crippen LogP contribution in [0.15, 0.2) is 24.3 Å². The Kier molecular flexibility index (Phi) is 5.76. The van der Waals surface area contributed by atoms with Crippen molar-refractivity contribution in [2.45, 2.75) is 38.6 Å². The highest BCUT2D eigenvalue weighted by Crippen LogP contribution is 2.33. The summed E-state index contributed by atoms with van der Waals surface area (Å²) in [6.45, 7) is 4.39. The van der Waals surface area contributed by atoms with Crippen LogP contribution in [-0.2, 0) is 28.9 Å². The third-order valence-corrected chi connectivity index (χ3v) is 6.70. The number of anilines is 1. The van der Waals surface area contributed by atoms with Crippen molar-refractivity contribution in [3.63, 3.8) is 0 Å². The molecule has 1 aromatic carbocycles. The van der Waals surface area contributed by atoms with Gasteiger partial charge >= 0.3 is 0 Å². The number of para-hydroxylation sites is 1. The maximum atomic E-state index is 12.9. The van der Waals surface area contributed by atoms with Gasteiger partial charge < -0.3 is 19.3 Å². The van der Waals surface area contributed by atoms with E-state index >= 15 is 0 Å². The second-order valence-corrected chi connectivity index (χ2v) is 8.61. The molecule has 1 amide bonds. The number of rotatable bonds is 5. The fourth-order valence-corrected chi connectivity index (χ4v) is 4.68. The number of ether oxygens (including phenoxy) is 2. The van der Waals surface area contributed by atoms with Crippen molar-refractivity contribution in [2.75, 3.05) is 44.9 Å². The first-order valence-corrected chi connectivity index (χ1v) is 11.3. The summed E-state index contributed by atoms with van der Waals surface area (Å²) in [5.41, 5.74) is 3.28. The number of aromatic nitrogens is 2. The third-order valence-electron chi connectivity index (χ3n) is 6.70.